The fourth-order valence-corrected chi connectivity index (χ4v) is 8.68. The summed E-state index contributed by atoms with van der Waals surface area (Å²) in [6, 6.07) is 0. The number of allylic oxidation sites excluding steroid dienone is 2. The van der Waals surface area contributed by atoms with Crippen molar-refractivity contribution in [1.29, 1.82) is 0 Å². The van der Waals surface area contributed by atoms with Crippen molar-refractivity contribution < 1.29 is 14.4 Å². The fourth-order valence-electron chi connectivity index (χ4n) is 8.68. The van der Waals surface area contributed by atoms with Crippen LogP contribution in [0.5, 0.6) is 0 Å². The number of hydrogen-bond acceptors (Lipinski definition) is 3. The third-order valence-corrected chi connectivity index (χ3v) is 9.40. The second-order valence-electron chi connectivity index (χ2n) is 10.8. The van der Waals surface area contributed by atoms with Crippen LogP contribution in [0.3, 0.4) is 0 Å². The minimum absolute atomic E-state index is 0.0487. The van der Waals surface area contributed by atoms with Gasteiger partial charge >= 0.3 is 0 Å². The summed E-state index contributed by atoms with van der Waals surface area (Å²) in [5.41, 5.74) is 2.53. The first-order chi connectivity index (χ1) is 13.0. The van der Waals surface area contributed by atoms with Crippen LogP contribution in [0.25, 0.3) is 0 Å². The Kier molecular flexibility index (Phi) is 2.64. The number of nitrogens with zero attached hydrogens (tertiary/aromatic N) is 1. The molecule has 0 aromatic heterocycles. The quantitative estimate of drug-likeness (QED) is 0.602. The normalized spacial score (nSPS) is 55.7. The molecule has 1 aliphatic heterocycles. The molecule has 0 spiro atoms. The molecule has 3 amide bonds. The molecule has 5 heteroatoms. The van der Waals surface area contributed by atoms with Crippen molar-refractivity contribution in [2.75, 3.05) is 0 Å². The van der Waals surface area contributed by atoms with Crippen LogP contribution in [0.1, 0.15) is 44.9 Å². The van der Waals surface area contributed by atoms with Gasteiger partial charge in [-0.25, -0.2) is 0 Å². The second-order valence-corrected chi connectivity index (χ2v) is 10.8. The average Bonchev–Trinajstić information content (AvgIpc) is 3.41. The Hall–Kier alpha value is -1.65. The Labute approximate surface area is 158 Å². The molecule has 8 aliphatic carbocycles. The Morgan fingerprint density at radius 1 is 0.852 bits per heavy atom. The third-order valence-electron chi connectivity index (χ3n) is 9.40. The fraction of sp³-hybridized carbons (Fsp3) is 0.773. The molecule has 27 heavy (non-hydrogen) atoms. The van der Waals surface area contributed by atoms with Gasteiger partial charge in [-0.3, -0.25) is 19.8 Å². The van der Waals surface area contributed by atoms with Crippen molar-refractivity contribution in [1.82, 2.24) is 10.4 Å². The molecular weight excluding hydrogens is 340 g/mol. The zero-order chi connectivity index (χ0) is 18.1. The van der Waals surface area contributed by atoms with Crippen molar-refractivity contribution in [3.63, 3.8) is 0 Å². The Morgan fingerprint density at radius 2 is 1.33 bits per heavy atom. The van der Waals surface area contributed by atoms with E-state index in [1.807, 2.05) is 0 Å². The van der Waals surface area contributed by atoms with E-state index < -0.39 is 0 Å². The molecule has 0 unspecified atom stereocenters. The topological polar surface area (TPSA) is 66.5 Å². The van der Waals surface area contributed by atoms with Gasteiger partial charge < -0.3 is 0 Å². The lowest BCUT2D eigenvalue weighted by Crippen LogP contribution is -2.58. The first kappa shape index (κ1) is 15.3. The Balaban J connectivity index is 1.16. The lowest BCUT2D eigenvalue weighted by atomic mass is 9.49. The molecule has 6 saturated carbocycles. The summed E-state index contributed by atoms with van der Waals surface area (Å²) < 4.78 is 0. The van der Waals surface area contributed by atoms with Gasteiger partial charge in [0.25, 0.3) is 11.8 Å². The van der Waals surface area contributed by atoms with Gasteiger partial charge in [-0.1, -0.05) is 12.2 Å². The van der Waals surface area contributed by atoms with Crippen LogP contribution in [-0.2, 0) is 14.4 Å². The van der Waals surface area contributed by atoms with Crippen LogP contribution >= 0.6 is 0 Å². The van der Waals surface area contributed by atoms with E-state index in [2.05, 4.69) is 17.6 Å². The van der Waals surface area contributed by atoms with Crippen LogP contribution in [0, 0.1) is 58.7 Å². The van der Waals surface area contributed by atoms with E-state index in [1.54, 1.807) is 0 Å². The molecule has 9 aliphatic rings. The van der Waals surface area contributed by atoms with E-state index in [0.717, 1.165) is 30.7 Å². The molecule has 0 aromatic rings. The highest BCUT2D eigenvalue weighted by Crippen LogP contribution is 2.65. The summed E-state index contributed by atoms with van der Waals surface area (Å²) in [5, 5.41) is 1.15. The summed E-state index contributed by atoms with van der Waals surface area (Å²) in [4.78, 5) is 39.6. The molecule has 5 nitrogen and oxygen atoms in total. The van der Waals surface area contributed by atoms with E-state index in [9.17, 15) is 14.4 Å². The van der Waals surface area contributed by atoms with Gasteiger partial charge in [0, 0.05) is 0 Å². The van der Waals surface area contributed by atoms with E-state index in [-0.39, 0.29) is 46.8 Å². The number of nitrogens with one attached hydrogen (secondary N) is 1. The second kappa shape index (κ2) is 4.66. The standard InChI is InChI=1S/C22H26N2O3/c25-19-17-13-1-2-14(16-6-15(13)16)18(17)20(26)24(19)23-21(27)22-7-10-3-11(8-22)5-12(4-10)9-22/h1-2,10-18H,3-9H2,(H,23,27)/t10?,11?,12?,13-,14-,15-,16+,17+,18+,22?/m0/s1. The van der Waals surface area contributed by atoms with Gasteiger partial charge in [0.15, 0.2) is 0 Å². The van der Waals surface area contributed by atoms with Gasteiger partial charge in [0.2, 0.25) is 5.91 Å². The van der Waals surface area contributed by atoms with Gasteiger partial charge in [-0.05, 0) is 86.4 Å². The maximum absolute atomic E-state index is 13.3. The number of hydrogen-bond donors (Lipinski definition) is 1. The van der Waals surface area contributed by atoms with Gasteiger partial charge in [-0.2, -0.15) is 5.01 Å². The molecule has 6 bridgehead atoms. The lowest BCUT2D eigenvalue weighted by Gasteiger charge is -2.55. The van der Waals surface area contributed by atoms with Crippen LogP contribution in [0.4, 0.5) is 0 Å². The van der Waals surface area contributed by atoms with E-state index in [4.69, 9.17) is 0 Å². The van der Waals surface area contributed by atoms with Crippen LogP contribution in [-0.4, -0.2) is 22.7 Å². The first-order valence-corrected chi connectivity index (χ1v) is 10.9. The maximum Gasteiger partial charge on any atom is 0.252 e. The van der Waals surface area contributed by atoms with Gasteiger partial charge in [-0.15, -0.1) is 0 Å². The van der Waals surface area contributed by atoms with E-state index >= 15 is 0 Å². The minimum Gasteiger partial charge on any atom is -0.273 e. The summed E-state index contributed by atoms with van der Waals surface area (Å²) in [5.74, 6) is 2.82. The number of carbonyl (C=O) groups excluding carboxylic acids is 3. The third kappa shape index (κ3) is 1.79. The number of imide groups is 1. The predicted molar refractivity (Wildman–Crippen MR) is 95.3 cm³/mol. The number of rotatable bonds is 2. The van der Waals surface area contributed by atoms with Crippen LogP contribution in [0.15, 0.2) is 12.2 Å². The van der Waals surface area contributed by atoms with Crippen LogP contribution in [0.2, 0.25) is 0 Å². The number of carbonyl (C=O) groups is 3. The number of amides is 3. The van der Waals surface area contributed by atoms with Gasteiger partial charge in [0.05, 0.1) is 17.3 Å². The smallest absolute Gasteiger partial charge is 0.252 e. The monoisotopic (exact) mass is 366 g/mol. The highest BCUT2D eigenvalue weighted by molar-refractivity contribution is 6.07. The minimum atomic E-state index is -0.331. The lowest BCUT2D eigenvalue weighted by molar-refractivity contribution is -0.160. The summed E-state index contributed by atoms with van der Waals surface area (Å²) in [6.45, 7) is 0. The number of hydrazine groups is 1. The molecule has 1 saturated heterocycles. The van der Waals surface area contributed by atoms with Crippen molar-refractivity contribution >= 4 is 17.7 Å². The highest BCUT2D eigenvalue weighted by Gasteiger charge is 2.67. The van der Waals surface area contributed by atoms with E-state index in [1.165, 1.54) is 19.3 Å². The average molecular weight is 366 g/mol. The Bertz CT molecular complexity index is 745. The zero-order valence-electron chi connectivity index (χ0n) is 15.5. The SMILES string of the molecule is O=C1[C@@H]2[C@H]3C=C[C@@H]([C@@H]4C[C@H]34)[C@H]2C(=O)N1NC(=O)C12CC3CC(CC(C3)C1)C2. The molecule has 142 valence electrons. The molecule has 6 atom stereocenters. The molecule has 1 heterocycles. The highest BCUT2D eigenvalue weighted by atomic mass is 16.2. The molecule has 0 radical (unpaired) electrons. The summed E-state index contributed by atoms with van der Waals surface area (Å²) >= 11 is 0. The molecular formula is C22H26N2O3. The van der Waals surface area contributed by atoms with Crippen LogP contribution < -0.4 is 5.43 Å². The van der Waals surface area contributed by atoms with Crippen molar-refractivity contribution in [2.24, 2.45) is 58.7 Å². The van der Waals surface area contributed by atoms with Crippen molar-refractivity contribution in [2.45, 2.75) is 44.9 Å². The Morgan fingerprint density at radius 3 is 1.81 bits per heavy atom. The van der Waals surface area contributed by atoms with Gasteiger partial charge in [0.1, 0.15) is 0 Å². The van der Waals surface area contributed by atoms with Crippen molar-refractivity contribution in [3.8, 4) is 0 Å². The zero-order valence-corrected chi connectivity index (χ0v) is 15.5. The van der Waals surface area contributed by atoms with E-state index in [0.29, 0.717) is 29.6 Å². The summed E-state index contributed by atoms with van der Waals surface area (Å²) in [7, 11) is 0. The molecule has 1 N–H and O–H groups in total. The molecule has 9 rings (SSSR count). The first-order valence-electron chi connectivity index (χ1n) is 10.9. The molecule has 7 fully saturated rings. The largest absolute Gasteiger partial charge is 0.273 e. The van der Waals surface area contributed by atoms with Crippen molar-refractivity contribution in [3.05, 3.63) is 12.2 Å². The maximum atomic E-state index is 13.3. The molecule has 0 aromatic carbocycles. The summed E-state index contributed by atoms with van der Waals surface area (Å²) in [6.07, 6.45) is 12.2. The predicted octanol–water partition coefficient (Wildman–Crippen LogP) is 2.29.